The summed E-state index contributed by atoms with van der Waals surface area (Å²) < 4.78 is 0.857. The molecule has 0 spiro atoms. The number of pyridine rings is 1. The molecule has 0 saturated carbocycles. The average Bonchev–Trinajstić information content (AvgIpc) is 2.43. The lowest BCUT2D eigenvalue weighted by Gasteiger charge is -2.08. The van der Waals surface area contributed by atoms with Crippen molar-refractivity contribution in [3.8, 4) is 0 Å². The van der Waals surface area contributed by atoms with Crippen LogP contribution in [0.3, 0.4) is 0 Å². The highest BCUT2D eigenvalue weighted by Gasteiger charge is 2.09. The van der Waals surface area contributed by atoms with Gasteiger partial charge in [0.05, 0.1) is 17.6 Å². The van der Waals surface area contributed by atoms with E-state index in [1.807, 2.05) is 38.1 Å². The van der Waals surface area contributed by atoms with Crippen molar-refractivity contribution in [2.24, 2.45) is 0 Å². The van der Waals surface area contributed by atoms with Crippen molar-refractivity contribution >= 4 is 33.2 Å². The number of rotatable bonds is 4. The van der Waals surface area contributed by atoms with Crippen LogP contribution < -0.4 is 10.6 Å². The number of halogens is 1. The van der Waals surface area contributed by atoms with Crippen molar-refractivity contribution in [3.63, 3.8) is 0 Å². The van der Waals surface area contributed by atoms with Gasteiger partial charge in [-0.2, -0.15) is 0 Å². The molecule has 2 rings (SSSR count). The van der Waals surface area contributed by atoms with Crippen LogP contribution in [-0.4, -0.2) is 17.4 Å². The van der Waals surface area contributed by atoms with Crippen LogP contribution in [0.4, 0.5) is 11.4 Å². The quantitative estimate of drug-likeness (QED) is 0.893. The van der Waals surface area contributed by atoms with Gasteiger partial charge < -0.3 is 10.6 Å². The van der Waals surface area contributed by atoms with E-state index in [2.05, 4.69) is 31.5 Å². The predicted molar refractivity (Wildman–Crippen MR) is 85.2 cm³/mol. The normalized spacial score (nSPS) is 10.2. The van der Waals surface area contributed by atoms with Crippen LogP contribution in [0, 0.1) is 6.92 Å². The summed E-state index contributed by atoms with van der Waals surface area (Å²) in [5, 5.41) is 5.97. The third-order valence-electron chi connectivity index (χ3n) is 2.75. The molecule has 20 heavy (non-hydrogen) atoms. The minimum atomic E-state index is -0.224. The van der Waals surface area contributed by atoms with Gasteiger partial charge in [-0.15, -0.1) is 0 Å². The maximum absolute atomic E-state index is 12.1. The lowest BCUT2D eigenvalue weighted by Crippen LogP contribution is -2.14. The van der Waals surface area contributed by atoms with E-state index < -0.39 is 0 Å². The second kappa shape index (κ2) is 6.52. The molecule has 0 unspecified atom stereocenters. The van der Waals surface area contributed by atoms with Crippen molar-refractivity contribution in [2.75, 3.05) is 17.2 Å². The summed E-state index contributed by atoms with van der Waals surface area (Å²) in [6.07, 6.45) is 1.66. The molecule has 0 atom stereocenters. The Morgan fingerprint density at radius 1 is 1.30 bits per heavy atom. The number of aromatic nitrogens is 1. The standard InChI is InChI=1S/C15H16BrN3O/c1-3-17-11-5-7-14(18-9-11)15(20)19-13-6-4-10(2)8-12(13)16/h4-9,17H,3H2,1-2H3,(H,19,20). The second-order valence-electron chi connectivity index (χ2n) is 4.40. The Hall–Kier alpha value is -1.88. The third kappa shape index (κ3) is 3.57. The summed E-state index contributed by atoms with van der Waals surface area (Å²) >= 11 is 3.44. The van der Waals surface area contributed by atoms with E-state index in [9.17, 15) is 4.79 Å². The Labute approximate surface area is 126 Å². The molecule has 1 aromatic carbocycles. The Morgan fingerprint density at radius 2 is 2.10 bits per heavy atom. The molecule has 4 nitrogen and oxygen atoms in total. The van der Waals surface area contributed by atoms with E-state index in [0.29, 0.717) is 5.69 Å². The number of carbonyl (C=O) groups excluding carboxylic acids is 1. The van der Waals surface area contributed by atoms with Crippen molar-refractivity contribution in [1.29, 1.82) is 0 Å². The molecule has 104 valence electrons. The van der Waals surface area contributed by atoms with E-state index in [-0.39, 0.29) is 5.91 Å². The molecule has 5 heteroatoms. The van der Waals surface area contributed by atoms with Gasteiger partial charge in [0.25, 0.3) is 5.91 Å². The van der Waals surface area contributed by atoms with Crippen LogP contribution in [-0.2, 0) is 0 Å². The fourth-order valence-corrected chi connectivity index (χ4v) is 2.34. The topological polar surface area (TPSA) is 54.0 Å². The van der Waals surface area contributed by atoms with Crippen LogP contribution in [0.1, 0.15) is 23.0 Å². The molecule has 0 saturated heterocycles. The first-order valence-electron chi connectivity index (χ1n) is 6.37. The van der Waals surface area contributed by atoms with Crippen molar-refractivity contribution in [2.45, 2.75) is 13.8 Å². The number of aryl methyl sites for hydroxylation is 1. The minimum Gasteiger partial charge on any atom is -0.384 e. The molecule has 1 amide bonds. The number of anilines is 2. The van der Waals surface area contributed by atoms with E-state index in [0.717, 1.165) is 28.0 Å². The second-order valence-corrected chi connectivity index (χ2v) is 5.25. The molecule has 2 aromatic rings. The Bertz CT molecular complexity index is 611. The van der Waals surface area contributed by atoms with Crippen LogP contribution >= 0.6 is 15.9 Å². The summed E-state index contributed by atoms with van der Waals surface area (Å²) in [7, 11) is 0. The number of carbonyl (C=O) groups is 1. The molecule has 0 aliphatic heterocycles. The van der Waals surface area contributed by atoms with Gasteiger partial charge in [0.15, 0.2) is 0 Å². The van der Waals surface area contributed by atoms with Gasteiger partial charge >= 0.3 is 0 Å². The summed E-state index contributed by atoms with van der Waals surface area (Å²) in [4.78, 5) is 16.3. The highest BCUT2D eigenvalue weighted by molar-refractivity contribution is 9.10. The molecule has 0 fully saturated rings. The zero-order chi connectivity index (χ0) is 14.5. The Kier molecular flexibility index (Phi) is 4.74. The number of hydrogen-bond donors (Lipinski definition) is 2. The van der Waals surface area contributed by atoms with Gasteiger partial charge in [-0.25, -0.2) is 4.98 Å². The van der Waals surface area contributed by atoms with Crippen LogP contribution in [0.25, 0.3) is 0 Å². The summed E-state index contributed by atoms with van der Waals surface area (Å²) in [6.45, 7) is 4.83. The average molecular weight is 334 g/mol. The van der Waals surface area contributed by atoms with Crippen LogP contribution in [0.15, 0.2) is 41.0 Å². The molecule has 0 aliphatic carbocycles. The zero-order valence-corrected chi connectivity index (χ0v) is 13.0. The Morgan fingerprint density at radius 3 is 2.70 bits per heavy atom. The maximum atomic E-state index is 12.1. The largest absolute Gasteiger partial charge is 0.384 e. The summed E-state index contributed by atoms with van der Waals surface area (Å²) in [6, 6.07) is 9.31. The SMILES string of the molecule is CCNc1ccc(C(=O)Nc2ccc(C)cc2Br)nc1. The first-order chi connectivity index (χ1) is 9.60. The van der Waals surface area contributed by atoms with Crippen molar-refractivity contribution < 1.29 is 4.79 Å². The monoisotopic (exact) mass is 333 g/mol. The molecular weight excluding hydrogens is 318 g/mol. The van der Waals surface area contributed by atoms with Crippen LogP contribution in [0.5, 0.6) is 0 Å². The van der Waals surface area contributed by atoms with E-state index >= 15 is 0 Å². The lowest BCUT2D eigenvalue weighted by molar-refractivity contribution is 0.102. The molecule has 2 N–H and O–H groups in total. The van der Waals surface area contributed by atoms with Gasteiger partial charge in [0.1, 0.15) is 5.69 Å². The number of hydrogen-bond acceptors (Lipinski definition) is 3. The smallest absolute Gasteiger partial charge is 0.274 e. The molecule has 0 bridgehead atoms. The highest BCUT2D eigenvalue weighted by atomic mass is 79.9. The third-order valence-corrected chi connectivity index (χ3v) is 3.41. The maximum Gasteiger partial charge on any atom is 0.274 e. The number of nitrogens with zero attached hydrogens (tertiary/aromatic N) is 1. The predicted octanol–water partition coefficient (Wildman–Crippen LogP) is 3.84. The molecule has 0 radical (unpaired) electrons. The number of amides is 1. The number of nitrogens with one attached hydrogen (secondary N) is 2. The molecular formula is C15H16BrN3O. The van der Waals surface area contributed by atoms with Gasteiger partial charge in [-0.05, 0) is 59.6 Å². The molecule has 1 aromatic heterocycles. The van der Waals surface area contributed by atoms with Gasteiger partial charge in [0, 0.05) is 11.0 Å². The van der Waals surface area contributed by atoms with Crippen LogP contribution in [0.2, 0.25) is 0 Å². The Balaban J connectivity index is 2.11. The van der Waals surface area contributed by atoms with E-state index in [1.54, 1.807) is 12.3 Å². The first-order valence-corrected chi connectivity index (χ1v) is 7.17. The lowest BCUT2D eigenvalue weighted by atomic mass is 10.2. The summed E-state index contributed by atoms with van der Waals surface area (Å²) in [5.74, 6) is -0.224. The fourth-order valence-electron chi connectivity index (χ4n) is 1.74. The van der Waals surface area contributed by atoms with Gasteiger partial charge in [-0.3, -0.25) is 4.79 Å². The summed E-state index contributed by atoms with van der Waals surface area (Å²) in [5.41, 5.74) is 3.15. The van der Waals surface area contributed by atoms with Gasteiger partial charge in [0.2, 0.25) is 0 Å². The van der Waals surface area contributed by atoms with Crippen molar-refractivity contribution in [3.05, 3.63) is 52.3 Å². The first kappa shape index (κ1) is 14.5. The van der Waals surface area contributed by atoms with E-state index in [4.69, 9.17) is 0 Å². The highest BCUT2D eigenvalue weighted by Crippen LogP contribution is 2.23. The number of benzene rings is 1. The van der Waals surface area contributed by atoms with Crippen molar-refractivity contribution in [1.82, 2.24) is 4.98 Å². The van der Waals surface area contributed by atoms with Gasteiger partial charge in [-0.1, -0.05) is 6.07 Å². The van der Waals surface area contributed by atoms with E-state index in [1.165, 1.54) is 0 Å². The zero-order valence-electron chi connectivity index (χ0n) is 11.4. The molecule has 1 heterocycles. The molecule has 0 aliphatic rings. The fraction of sp³-hybridized carbons (Fsp3) is 0.200. The minimum absolute atomic E-state index is 0.224.